The van der Waals surface area contributed by atoms with E-state index in [0.717, 1.165) is 11.1 Å². The van der Waals surface area contributed by atoms with Crippen LogP contribution in [0.4, 0.5) is 5.69 Å². The number of carbonyl (C=O) groups excluding carboxylic acids is 3. The lowest BCUT2D eigenvalue weighted by molar-refractivity contribution is -0.132. The Labute approximate surface area is 182 Å². The first-order valence-electron chi connectivity index (χ1n) is 8.98. The molecule has 0 saturated carbocycles. The molecule has 30 heavy (non-hydrogen) atoms. The highest BCUT2D eigenvalue weighted by Gasteiger charge is 2.27. The van der Waals surface area contributed by atoms with E-state index in [0.29, 0.717) is 33.0 Å². The lowest BCUT2D eigenvalue weighted by Crippen LogP contribution is -2.38. The van der Waals surface area contributed by atoms with Gasteiger partial charge in [0.25, 0.3) is 11.8 Å². The van der Waals surface area contributed by atoms with Gasteiger partial charge in [0.05, 0.1) is 17.1 Å². The maximum absolute atomic E-state index is 12.6. The molecule has 0 unspecified atom stereocenters. The standard InChI is InChI=1S/C21H16N2O5S2/c1-12(24)28-15-5-2-13(3-6-15)10-23-16-8-14(4-7-17(16)27-11-19(23)25)9-18-20(26)22-21(29)30-18/h2-9H,10-11H2,1H3,(H,22,26,29)/b18-9+. The van der Waals surface area contributed by atoms with Gasteiger partial charge >= 0.3 is 5.97 Å². The number of anilines is 1. The van der Waals surface area contributed by atoms with Gasteiger partial charge in [-0.15, -0.1) is 0 Å². The van der Waals surface area contributed by atoms with Crippen molar-refractivity contribution in [3.05, 3.63) is 58.5 Å². The van der Waals surface area contributed by atoms with Gasteiger partial charge < -0.3 is 19.7 Å². The van der Waals surface area contributed by atoms with Gasteiger partial charge in [-0.1, -0.05) is 42.2 Å². The molecule has 1 N–H and O–H groups in total. The van der Waals surface area contributed by atoms with Crippen LogP contribution in [0, 0.1) is 0 Å². The lowest BCUT2D eigenvalue weighted by atomic mass is 10.1. The Bertz CT molecular complexity index is 1100. The normalized spacial score (nSPS) is 16.9. The second-order valence-electron chi connectivity index (χ2n) is 6.59. The molecule has 0 radical (unpaired) electrons. The summed E-state index contributed by atoms with van der Waals surface area (Å²) in [5, 5.41) is 2.58. The Hall–Kier alpha value is -3.17. The molecule has 0 spiro atoms. The van der Waals surface area contributed by atoms with Crippen LogP contribution in [0.3, 0.4) is 0 Å². The number of nitrogens with zero attached hydrogens (tertiary/aromatic N) is 1. The molecule has 1 fully saturated rings. The van der Waals surface area contributed by atoms with Gasteiger partial charge in [-0.05, 0) is 41.5 Å². The maximum atomic E-state index is 12.6. The van der Waals surface area contributed by atoms with Crippen LogP contribution in [0.1, 0.15) is 18.1 Å². The van der Waals surface area contributed by atoms with Crippen LogP contribution < -0.4 is 19.7 Å². The van der Waals surface area contributed by atoms with Gasteiger partial charge in [0.2, 0.25) is 0 Å². The fourth-order valence-electron chi connectivity index (χ4n) is 3.07. The molecule has 0 aromatic heterocycles. The summed E-state index contributed by atoms with van der Waals surface area (Å²) < 4.78 is 11.0. The molecular weight excluding hydrogens is 424 g/mol. The average Bonchev–Trinajstić information content (AvgIpc) is 3.02. The lowest BCUT2D eigenvalue weighted by Gasteiger charge is -2.29. The summed E-state index contributed by atoms with van der Waals surface area (Å²) in [6, 6.07) is 12.4. The number of amides is 2. The van der Waals surface area contributed by atoms with Crippen molar-refractivity contribution in [2.24, 2.45) is 0 Å². The zero-order chi connectivity index (χ0) is 21.3. The number of thiocarbonyl (C=S) groups is 1. The number of ether oxygens (including phenoxy) is 2. The highest BCUT2D eigenvalue weighted by atomic mass is 32.2. The Morgan fingerprint density at radius 2 is 2.03 bits per heavy atom. The van der Waals surface area contributed by atoms with Crippen molar-refractivity contribution >= 4 is 57.8 Å². The summed E-state index contributed by atoms with van der Waals surface area (Å²) in [5.41, 5.74) is 2.24. The monoisotopic (exact) mass is 440 g/mol. The van der Waals surface area contributed by atoms with Crippen molar-refractivity contribution in [1.29, 1.82) is 0 Å². The topological polar surface area (TPSA) is 84.9 Å². The SMILES string of the molecule is CC(=O)Oc1ccc(CN2C(=O)COc3ccc(/C=C4/SC(=S)NC4=O)cc32)cc1. The van der Waals surface area contributed by atoms with E-state index in [4.69, 9.17) is 21.7 Å². The van der Waals surface area contributed by atoms with E-state index in [-0.39, 0.29) is 18.4 Å². The Morgan fingerprint density at radius 1 is 1.27 bits per heavy atom. The zero-order valence-corrected chi connectivity index (χ0v) is 17.5. The van der Waals surface area contributed by atoms with E-state index < -0.39 is 5.97 Å². The number of hydrogen-bond donors (Lipinski definition) is 1. The number of fused-ring (bicyclic) bond motifs is 1. The molecule has 2 aliphatic rings. The number of nitrogens with one attached hydrogen (secondary N) is 1. The molecule has 0 aliphatic carbocycles. The minimum Gasteiger partial charge on any atom is -0.482 e. The maximum Gasteiger partial charge on any atom is 0.308 e. The quantitative estimate of drug-likeness (QED) is 0.339. The molecule has 2 aromatic carbocycles. The summed E-state index contributed by atoms with van der Waals surface area (Å²) >= 11 is 6.22. The van der Waals surface area contributed by atoms with Crippen molar-refractivity contribution in [2.45, 2.75) is 13.5 Å². The van der Waals surface area contributed by atoms with Crippen molar-refractivity contribution in [3.8, 4) is 11.5 Å². The van der Waals surface area contributed by atoms with E-state index in [1.807, 2.05) is 12.1 Å². The largest absolute Gasteiger partial charge is 0.482 e. The number of rotatable bonds is 4. The Kier molecular flexibility index (Phi) is 5.56. The van der Waals surface area contributed by atoms with Gasteiger partial charge in [-0.25, -0.2) is 0 Å². The highest BCUT2D eigenvalue weighted by Crippen LogP contribution is 2.35. The second-order valence-corrected chi connectivity index (χ2v) is 8.30. The summed E-state index contributed by atoms with van der Waals surface area (Å²) in [7, 11) is 0. The Morgan fingerprint density at radius 3 is 2.70 bits per heavy atom. The number of esters is 1. The predicted octanol–water partition coefficient (Wildman–Crippen LogP) is 3.03. The average molecular weight is 441 g/mol. The molecule has 2 aromatic rings. The zero-order valence-electron chi connectivity index (χ0n) is 15.8. The second kappa shape index (κ2) is 8.29. The first-order valence-corrected chi connectivity index (χ1v) is 10.2. The predicted molar refractivity (Wildman–Crippen MR) is 117 cm³/mol. The molecule has 9 heteroatoms. The third kappa shape index (κ3) is 4.37. The molecule has 2 aliphatic heterocycles. The highest BCUT2D eigenvalue weighted by molar-refractivity contribution is 8.26. The van der Waals surface area contributed by atoms with E-state index in [2.05, 4.69) is 5.32 Å². The van der Waals surface area contributed by atoms with Crippen LogP contribution in [-0.4, -0.2) is 28.7 Å². The minimum absolute atomic E-state index is 0.0501. The van der Waals surface area contributed by atoms with Crippen LogP contribution in [0.2, 0.25) is 0 Å². The van der Waals surface area contributed by atoms with Crippen molar-refractivity contribution in [2.75, 3.05) is 11.5 Å². The number of thioether (sulfide) groups is 1. The van der Waals surface area contributed by atoms with E-state index in [1.54, 1.807) is 41.3 Å². The minimum atomic E-state index is -0.392. The molecular formula is C21H16N2O5S2. The Balaban J connectivity index is 1.60. The van der Waals surface area contributed by atoms with Crippen molar-refractivity contribution in [3.63, 3.8) is 0 Å². The molecule has 1 saturated heterocycles. The van der Waals surface area contributed by atoms with Crippen LogP contribution in [0.15, 0.2) is 47.4 Å². The summed E-state index contributed by atoms with van der Waals surface area (Å²) in [6.45, 7) is 1.62. The number of carbonyl (C=O) groups is 3. The molecule has 0 atom stereocenters. The first kappa shape index (κ1) is 20.1. The fraction of sp³-hybridized carbons (Fsp3) is 0.143. The summed E-state index contributed by atoms with van der Waals surface area (Å²) in [6.07, 6.45) is 1.73. The molecule has 0 bridgehead atoms. The van der Waals surface area contributed by atoms with E-state index >= 15 is 0 Å². The van der Waals surface area contributed by atoms with Crippen molar-refractivity contribution < 1.29 is 23.9 Å². The molecule has 2 amide bonds. The van der Waals surface area contributed by atoms with Gasteiger partial charge in [0.1, 0.15) is 15.8 Å². The number of benzene rings is 2. The van der Waals surface area contributed by atoms with E-state index in [1.165, 1.54) is 18.7 Å². The molecule has 4 rings (SSSR count). The third-order valence-electron chi connectivity index (χ3n) is 4.39. The molecule has 152 valence electrons. The third-order valence-corrected chi connectivity index (χ3v) is 5.55. The first-order chi connectivity index (χ1) is 14.4. The van der Waals surface area contributed by atoms with Gasteiger partial charge in [-0.2, -0.15) is 0 Å². The van der Waals surface area contributed by atoms with Crippen LogP contribution in [-0.2, 0) is 20.9 Å². The van der Waals surface area contributed by atoms with Crippen LogP contribution >= 0.6 is 24.0 Å². The fourth-order valence-corrected chi connectivity index (χ4v) is 4.11. The van der Waals surface area contributed by atoms with Gasteiger partial charge in [-0.3, -0.25) is 14.4 Å². The van der Waals surface area contributed by atoms with Crippen LogP contribution in [0.25, 0.3) is 6.08 Å². The van der Waals surface area contributed by atoms with Gasteiger partial charge in [0.15, 0.2) is 6.61 Å². The summed E-state index contributed by atoms with van der Waals surface area (Å²) in [4.78, 5) is 37.7. The number of hydrogen-bond acceptors (Lipinski definition) is 7. The smallest absolute Gasteiger partial charge is 0.308 e. The molecule has 7 nitrogen and oxygen atoms in total. The van der Waals surface area contributed by atoms with Crippen molar-refractivity contribution in [1.82, 2.24) is 5.32 Å². The van der Waals surface area contributed by atoms with Crippen LogP contribution in [0.5, 0.6) is 11.5 Å². The summed E-state index contributed by atoms with van der Waals surface area (Å²) in [5.74, 6) is 0.230. The molecule has 2 heterocycles. The van der Waals surface area contributed by atoms with Gasteiger partial charge in [0, 0.05) is 6.92 Å². The van der Waals surface area contributed by atoms with E-state index in [9.17, 15) is 14.4 Å².